The topological polar surface area (TPSA) is 59.9 Å². The molecule has 0 bridgehead atoms. The zero-order valence-electron chi connectivity index (χ0n) is 12.6. The normalized spacial score (nSPS) is 12.1. The number of hydrogen-bond acceptors (Lipinski definition) is 5. The van der Waals surface area contributed by atoms with Gasteiger partial charge in [-0.25, -0.2) is 4.98 Å². The van der Waals surface area contributed by atoms with Crippen LogP contribution in [-0.2, 0) is 6.42 Å². The molecule has 0 aliphatic rings. The molecule has 21 heavy (non-hydrogen) atoms. The molecule has 112 valence electrons. The first-order valence-corrected chi connectivity index (χ1v) is 7.32. The molecule has 2 aromatic rings. The fraction of sp³-hybridized carbons (Fsp3) is 0.438. The van der Waals surface area contributed by atoms with Crippen molar-refractivity contribution in [2.45, 2.75) is 32.2 Å². The molecule has 5 nitrogen and oxygen atoms in total. The summed E-state index contributed by atoms with van der Waals surface area (Å²) < 4.78 is 5.33. The lowest BCUT2D eigenvalue weighted by Gasteiger charge is -2.19. The van der Waals surface area contributed by atoms with Gasteiger partial charge in [-0.15, -0.1) is 0 Å². The summed E-state index contributed by atoms with van der Waals surface area (Å²) in [4.78, 5) is 12.7. The first-order chi connectivity index (χ1) is 10.3. The quantitative estimate of drug-likeness (QED) is 0.808. The van der Waals surface area contributed by atoms with Gasteiger partial charge in [-0.1, -0.05) is 6.92 Å². The molecule has 0 saturated heterocycles. The zero-order chi connectivity index (χ0) is 14.9. The molecule has 0 aliphatic carbocycles. The number of rotatable bonds is 8. The van der Waals surface area contributed by atoms with Gasteiger partial charge in [-0.2, -0.15) is 0 Å². The molecule has 0 spiro atoms. The van der Waals surface area contributed by atoms with Crippen LogP contribution in [0, 0.1) is 0 Å². The van der Waals surface area contributed by atoms with Gasteiger partial charge in [0.2, 0.25) is 5.88 Å². The molecule has 0 saturated carbocycles. The Morgan fingerprint density at radius 3 is 2.62 bits per heavy atom. The van der Waals surface area contributed by atoms with Crippen LogP contribution in [0.2, 0.25) is 0 Å². The molecule has 0 amide bonds. The van der Waals surface area contributed by atoms with Crippen LogP contribution in [0.1, 0.15) is 37.1 Å². The highest BCUT2D eigenvalue weighted by Crippen LogP contribution is 2.24. The van der Waals surface area contributed by atoms with Gasteiger partial charge in [0.25, 0.3) is 0 Å². The van der Waals surface area contributed by atoms with Gasteiger partial charge >= 0.3 is 0 Å². The van der Waals surface area contributed by atoms with Gasteiger partial charge in [-0.3, -0.25) is 9.97 Å². The monoisotopic (exact) mass is 286 g/mol. The molecule has 0 fully saturated rings. The molecule has 2 aromatic heterocycles. The summed E-state index contributed by atoms with van der Waals surface area (Å²) in [6.07, 6.45) is 10.0. The molecular weight excluding hydrogens is 264 g/mol. The number of methoxy groups -OCH3 is 1. The number of aryl methyl sites for hydroxylation is 1. The van der Waals surface area contributed by atoms with Crippen LogP contribution in [0.3, 0.4) is 0 Å². The minimum Gasteiger partial charge on any atom is -0.480 e. The number of nitrogens with zero attached hydrogens (tertiary/aromatic N) is 3. The summed E-state index contributed by atoms with van der Waals surface area (Å²) >= 11 is 0. The maximum Gasteiger partial charge on any atom is 0.236 e. The van der Waals surface area contributed by atoms with E-state index in [0.717, 1.165) is 31.5 Å². The predicted octanol–water partition coefficient (Wildman–Crippen LogP) is 2.55. The van der Waals surface area contributed by atoms with Crippen molar-refractivity contribution < 1.29 is 4.74 Å². The van der Waals surface area contributed by atoms with E-state index in [1.807, 2.05) is 24.5 Å². The summed E-state index contributed by atoms with van der Waals surface area (Å²) in [5.74, 6) is 0.598. The first-order valence-electron chi connectivity index (χ1n) is 7.32. The first kappa shape index (κ1) is 15.4. The molecule has 1 N–H and O–H groups in total. The Balaban J connectivity index is 2.10. The van der Waals surface area contributed by atoms with Gasteiger partial charge < -0.3 is 10.1 Å². The third-order valence-electron chi connectivity index (χ3n) is 3.33. The van der Waals surface area contributed by atoms with Crippen molar-refractivity contribution in [1.29, 1.82) is 0 Å². The maximum atomic E-state index is 5.33. The van der Waals surface area contributed by atoms with Crippen molar-refractivity contribution in [3.63, 3.8) is 0 Å². The van der Waals surface area contributed by atoms with Crippen LogP contribution >= 0.6 is 0 Å². The van der Waals surface area contributed by atoms with Gasteiger partial charge in [0.1, 0.15) is 5.69 Å². The molecule has 1 unspecified atom stereocenters. The molecule has 0 radical (unpaired) electrons. The van der Waals surface area contributed by atoms with E-state index in [2.05, 4.69) is 27.2 Å². The van der Waals surface area contributed by atoms with E-state index in [-0.39, 0.29) is 6.04 Å². The largest absolute Gasteiger partial charge is 0.480 e. The second-order valence-corrected chi connectivity index (χ2v) is 4.85. The molecule has 0 aliphatic heterocycles. The van der Waals surface area contributed by atoms with Crippen LogP contribution in [-0.4, -0.2) is 28.6 Å². The van der Waals surface area contributed by atoms with E-state index in [1.165, 1.54) is 5.56 Å². The van der Waals surface area contributed by atoms with E-state index in [9.17, 15) is 0 Å². The summed E-state index contributed by atoms with van der Waals surface area (Å²) in [5, 5.41) is 3.53. The summed E-state index contributed by atoms with van der Waals surface area (Å²) in [7, 11) is 1.63. The molecule has 1 atom stereocenters. The van der Waals surface area contributed by atoms with Crippen LogP contribution in [0.25, 0.3) is 0 Å². The van der Waals surface area contributed by atoms with E-state index < -0.39 is 0 Å². The predicted molar refractivity (Wildman–Crippen MR) is 82.2 cm³/mol. The highest BCUT2D eigenvalue weighted by molar-refractivity contribution is 5.22. The number of ether oxygens (including phenoxy) is 1. The maximum absolute atomic E-state index is 5.33. The Morgan fingerprint density at radius 1 is 1.14 bits per heavy atom. The second kappa shape index (κ2) is 8.32. The van der Waals surface area contributed by atoms with Crippen LogP contribution in [0.15, 0.2) is 36.9 Å². The third-order valence-corrected chi connectivity index (χ3v) is 3.33. The summed E-state index contributed by atoms with van der Waals surface area (Å²) in [5.41, 5.74) is 2.15. The van der Waals surface area contributed by atoms with E-state index in [0.29, 0.717) is 5.88 Å². The Kier molecular flexibility index (Phi) is 6.09. The van der Waals surface area contributed by atoms with Crippen LogP contribution in [0.4, 0.5) is 0 Å². The van der Waals surface area contributed by atoms with E-state index in [1.54, 1.807) is 19.5 Å². The Morgan fingerprint density at radius 2 is 1.90 bits per heavy atom. The van der Waals surface area contributed by atoms with Crippen molar-refractivity contribution in [3.05, 3.63) is 48.2 Å². The summed E-state index contributed by atoms with van der Waals surface area (Å²) in [6.45, 7) is 3.10. The van der Waals surface area contributed by atoms with Gasteiger partial charge in [0.15, 0.2) is 0 Å². The molecule has 2 rings (SSSR count). The van der Waals surface area contributed by atoms with Gasteiger partial charge in [-0.05, 0) is 43.5 Å². The Hall–Kier alpha value is -2.01. The SMILES string of the molecule is CCCNC(CCc1ccncc1)c1nccnc1OC. The van der Waals surface area contributed by atoms with E-state index >= 15 is 0 Å². The van der Waals surface area contributed by atoms with Crippen LogP contribution in [0.5, 0.6) is 5.88 Å². The third kappa shape index (κ3) is 4.49. The highest BCUT2D eigenvalue weighted by Gasteiger charge is 2.17. The second-order valence-electron chi connectivity index (χ2n) is 4.85. The van der Waals surface area contributed by atoms with Crippen LogP contribution < -0.4 is 10.1 Å². The number of pyridine rings is 1. The minimum absolute atomic E-state index is 0.141. The minimum atomic E-state index is 0.141. The lowest BCUT2D eigenvalue weighted by Crippen LogP contribution is -2.24. The van der Waals surface area contributed by atoms with Gasteiger partial charge in [0, 0.05) is 24.8 Å². The van der Waals surface area contributed by atoms with Crippen molar-refractivity contribution in [1.82, 2.24) is 20.3 Å². The summed E-state index contributed by atoms with van der Waals surface area (Å²) in [6, 6.07) is 4.23. The molecule has 2 heterocycles. The van der Waals surface area contributed by atoms with E-state index in [4.69, 9.17) is 4.74 Å². The lowest BCUT2D eigenvalue weighted by atomic mass is 10.0. The zero-order valence-corrected chi connectivity index (χ0v) is 12.6. The smallest absolute Gasteiger partial charge is 0.236 e. The average molecular weight is 286 g/mol. The van der Waals surface area contributed by atoms with Gasteiger partial charge in [0.05, 0.1) is 13.2 Å². The van der Waals surface area contributed by atoms with Crippen molar-refractivity contribution in [3.8, 4) is 5.88 Å². The van der Waals surface area contributed by atoms with Crippen molar-refractivity contribution >= 4 is 0 Å². The Labute approximate surface area is 125 Å². The Bertz CT molecular complexity index is 533. The molecular formula is C16H22N4O. The number of aromatic nitrogens is 3. The molecule has 5 heteroatoms. The average Bonchev–Trinajstić information content (AvgIpc) is 2.56. The molecule has 0 aromatic carbocycles. The fourth-order valence-corrected chi connectivity index (χ4v) is 2.25. The fourth-order valence-electron chi connectivity index (χ4n) is 2.25. The van der Waals surface area contributed by atoms with Crippen molar-refractivity contribution in [2.24, 2.45) is 0 Å². The number of hydrogen-bond donors (Lipinski definition) is 1. The van der Waals surface area contributed by atoms with Crippen molar-refractivity contribution in [2.75, 3.05) is 13.7 Å². The highest BCUT2D eigenvalue weighted by atomic mass is 16.5. The lowest BCUT2D eigenvalue weighted by molar-refractivity contribution is 0.373. The standard InChI is InChI=1S/C16H22N4O/c1-3-8-18-14(5-4-13-6-9-17-10-7-13)15-16(21-2)20-12-11-19-15/h6-7,9-12,14,18H,3-5,8H2,1-2H3. The number of nitrogens with one attached hydrogen (secondary N) is 1.